The maximum atomic E-state index is 12.3. The van der Waals surface area contributed by atoms with Crippen LogP contribution in [0.1, 0.15) is 27.1 Å². The van der Waals surface area contributed by atoms with Crippen molar-refractivity contribution >= 4 is 23.6 Å². The fraction of sp³-hybridized carbons (Fsp3) is 0.158. The summed E-state index contributed by atoms with van der Waals surface area (Å²) < 4.78 is 5.63. The molecule has 0 saturated heterocycles. The summed E-state index contributed by atoms with van der Waals surface area (Å²) in [6.07, 6.45) is 0.652. The van der Waals surface area contributed by atoms with E-state index in [1.165, 1.54) is 16.7 Å². The maximum Gasteiger partial charge on any atom is 0.276 e. The number of imide groups is 1. The lowest BCUT2D eigenvalue weighted by molar-refractivity contribution is 0.0655. The summed E-state index contributed by atoms with van der Waals surface area (Å²) in [5.74, 6) is 0.706. The second-order valence-electron chi connectivity index (χ2n) is 5.75. The van der Waals surface area contributed by atoms with E-state index in [2.05, 4.69) is 10.2 Å². The van der Waals surface area contributed by atoms with Gasteiger partial charge in [0.05, 0.1) is 11.1 Å². The van der Waals surface area contributed by atoms with Crippen LogP contribution in [0.5, 0.6) is 0 Å². The lowest BCUT2D eigenvalue weighted by Gasteiger charge is -2.12. The molecular weight excluding hydrogens is 350 g/mol. The van der Waals surface area contributed by atoms with Crippen LogP contribution < -0.4 is 0 Å². The van der Waals surface area contributed by atoms with Gasteiger partial charge in [-0.1, -0.05) is 42.1 Å². The molecule has 7 heteroatoms. The van der Waals surface area contributed by atoms with E-state index in [0.29, 0.717) is 41.0 Å². The number of nitrogens with zero attached hydrogens (tertiary/aromatic N) is 3. The minimum absolute atomic E-state index is 0.222. The van der Waals surface area contributed by atoms with Crippen LogP contribution in [0.2, 0.25) is 0 Å². The fourth-order valence-electron chi connectivity index (χ4n) is 2.79. The molecule has 130 valence electrons. The molecule has 1 aliphatic heterocycles. The average Bonchev–Trinajstić information content (AvgIpc) is 3.25. The van der Waals surface area contributed by atoms with Gasteiger partial charge < -0.3 is 4.42 Å². The Balaban J connectivity index is 1.31. The average molecular weight is 365 g/mol. The number of aromatic nitrogens is 2. The number of carbonyl (C=O) groups excluding carboxylic acids is 2. The Morgan fingerprint density at radius 3 is 2.23 bits per heavy atom. The van der Waals surface area contributed by atoms with Crippen molar-refractivity contribution in [1.82, 2.24) is 15.1 Å². The number of thioether (sulfide) groups is 1. The third-order valence-electron chi connectivity index (χ3n) is 4.06. The lowest BCUT2D eigenvalue weighted by atomic mass is 10.1. The Labute approximate surface area is 154 Å². The Kier molecular flexibility index (Phi) is 4.53. The molecule has 26 heavy (non-hydrogen) atoms. The van der Waals surface area contributed by atoms with Crippen LogP contribution in [-0.4, -0.2) is 39.2 Å². The highest BCUT2D eigenvalue weighted by Crippen LogP contribution is 2.25. The van der Waals surface area contributed by atoms with Crippen LogP contribution >= 0.6 is 11.8 Å². The minimum Gasteiger partial charge on any atom is -0.411 e. The van der Waals surface area contributed by atoms with E-state index < -0.39 is 0 Å². The Hall–Kier alpha value is -2.93. The summed E-state index contributed by atoms with van der Waals surface area (Å²) in [4.78, 5) is 25.9. The molecule has 0 saturated carbocycles. The van der Waals surface area contributed by atoms with Gasteiger partial charge in [0.15, 0.2) is 0 Å². The zero-order valence-corrected chi connectivity index (χ0v) is 14.6. The SMILES string of the molecule is O=C1c2ccccc2C(=O)N1CCCSc1nnc(-c2ccccc2)o1. The number of benzene rings is 2. The topological polar surface area (TPSA) is 76.3 Å². The van der Waals surface area contributed by atoms with Gasteiger partial charge in [-0.05, 0) is 30.7 Å². The summed E-state index contributed by atoms with van der Waals surface area (Å²) in [7, 11) is 0. The normalized spacial score (nSPS) is 13.3. The van der Waals surface area contributed by atoms with E-state index >= 15 is 0 Å². The third kappa shape index (κ3) is 3.13. The van der Waals surface area contributed by atoms with Gasteiger partial charge in [0.25, 0.3) is 17.0 Å². The van der Waals surface area contributed by atoms with Crippen molar-refractivity contribution < 1.29 is 14.0 Å². The highest BCUT2D eigenvalue weighted by atomic mass is 32.2. The highest BCUT2D eigenvalue weighted by Gasteiger charge is 2.34. The molecule has 0 bridgehead atoms. The number of carbonyl (C=O) groups is 2. The zero-order valence-electron chi connectivity index (χ0n) is 13.8. The molecule has 0 aliphatic carbocycles. The highest BCUT2D eigenvalue weighted by molar-refractivity contribution is 7.99. The van der Waals surface area contributed by atoms with Crippen LogP contribution in [0.3, 0.4) is 0 Å². The maximum absolute atomic E-state index is 12.3. The molecule has 0 spiro atoms. The first-order valence-corrected chi connectivity index (χ1v) is 9.19. The van der Waals surface area contributed by atoms with Crippen molar-refractivity contribution in [3.8, 4) is 11.5 Å². The predicted octanol–water partition coefficient (Wildman–Crippen LogP) is 3.52. The van der Waals surface area contributed by atoms with Crippen molar-refractivity contribution in [3.63, 3.8) is 0 Å². The molecule has 2 heterocycles. The molecule has 3 aromatic rings. The Morgan fingerprint density at radius 1 is 0.885 bits per heavy atom. The van der Waals surface area contributed by atoms with Gasteiger partial charge >= 0.3 is 0 Å². The third-order valence-corrected chi connectivity index (χ3v) is 4.96. The van der Waals surface area contributed by atoms with E-state index in [0.717, 1.165) is 5.56 Å². The fourth-order valence-corrected chi connectivity index (χ4v) is 3.47. The summed E-state index contributed by atoms with van der Waals surface area (Å²) in [6, 6.07) is 16.5. The lowest BCUT2D eigenvalue weighted by Crippen LogP contribution is -2.30. The monoisotopic (exact) mass is 365 g/mol. The molecule has 0 atom stereocenters. The van der Waals surface area contributed by atoms with Crippen LogP contribution in [0.25, 0.3) is 11.5 Å². The molecule has 1 aliphatic rings. The van der Waals surface area contributed by atoms with E-state index in [9.17, 15) is 9.59 Å². The first-order valence-electron chi connectivity index (χ1n) is 8.21. The Bertz CT molecular complexity index is 920. The Morgan fingerprint density at radius 2 is 1.54 bits per heavy atom. The largest absolute Gasteiger partial charge is 0.411 e. The molecule has 4 rings (SSSR count). The number of amides is 2. The summed E-state index contributed by atoms with van der Waals surface area (Å²) in [6.45, 7) is 0.374. The van der Waals surface area contributed by atoms with Gasteiger partial charge in [-0.15, -0.1) is 10.2 Å². The predicted molar refractivity (Wildman–Crippen MR) is 96.9 cm³/mol. The van der Waals surface area contributed by atoms with Gasteiger partial charge in [-0.25, -0.2) is 0 Å². The van der Waals surface area contributed by atoms with Gasteiger partial charge in [0.1, 0.15) is 0 Å². The molecule has 2 amide bonds. The second kappa shape index (κ2) is 7.13. The van der Waals surface area contributed by atoms with E-state index in [1.807, 2.05) is 30.3 Å². The molecule has 0 fully saturated rings. The molecular formula is C19H15N3O3S. The molecule has 6 nitrogen and oxygen atoms in total. The van der Waals surface area contributed by atoms with E-state index in [1.54, 1.807) is 24.3 Å². The van der Waals surface area contributed by atoms with E-state index in [4.69, 9.17) is 4.42 Å². The van der Waals surface area contributed by atoms with Gasteiger partial charge in [-0.2, -0.15) is 0 Å². The molecule has 1 aromatic heterocycles. The minimum atomic E-state index is -0.222. The summed E-state index contributed by atoms with van der Waals surface area (Å²) in [5.41, 5.74) is 1.84. The molecule has 0 radical (unpaired) electrons. The van der Waals surface area contributed by atoms with Crippen molar-refractivity contribution in [3.05, 3.63) is 65.7 Å². The molecule has 0 N–H and O–H groups in total. The quantitative estimate of drug-likeness (QED) is 0.378. The molecule has 0 unspecified atom stereocenters. The zero-order chi connectivity index (χ0) is 17.9. The van der Waals surface area contributed by atoms with Crippen LogP contribution in [-0.2, 0) is 0 Å². The van der Waals surface area contributed by atoms with Crippen molar-refractivity contribution in [2.75, 3.05) is 12.3 Å². The van der Waals surface area contributed by atoms with Gasteiger partial charge in [0.2, 0.25) is 5.89 Å². The second-order valence-corrected chi connectivity index (χ2v) is 6.79. The van der Waals surface area contributed by atoms with Crippen molar-refractivity contribution in [2.24, 2.45) is 0 Å². The van der Waals surface area contributed by atoms with Crippen molar-refractivity contribution in [2.45, 2.75) is 11.6 Å². The molecule has 2 aromatic carbocycles. The standard InChI is InChI=1S/C19H15N3O3S/c23-17-14-9-4-5-10-15(14)18(24)22(17)11-6-12-26-19-21-20-16(25-19)13-7-2-1-3-8-13/h1-5,7-10H,6,11-12H2. The number of rotatable bonds is 6. The smallest absolute Gasteiger partial charge is 0.276 e. The first-order chi connectivity index (χ1) is 12.7. The van der Waals surface area contributed by atoms with Crippen LogP contribution in [0, 0.1) is 0 Å². The summed E-state index contributed by atoms with van der Waals surface area (Å²) in [5, 5.41) is 8.54. The number of hydrogen-bond donors (Lipinski definition) is 0. The van der Waals surface area contributed by atoms with Gasteiger partial charge in [-0.3, -0.25) is 14.5 Å². The first kappa shape index (κ1) is 16.5. The number of fused-ring (bicyclic) bond motifs is 1. The van der Waals surface area contributed by atoms with Crippen molar-refractivity contribution in [1.29, 1.82) is 0 Å². The summed E-state index contributed by atoms with van der Waals surface area (Å²) >= 11 is 1.42. The van der Waals surface area contributed by atoms with E-state index in [-0.39, 0.29) is 11.8 Å². The van der Waals surface area contributed by atoms with Crippen LogP contribution in [0.4, 0.5) is 0 Å². The number of hydrogen-bond acceptors (Lipinski definition) is 6. The van der Waals surface area contributed by atoms with Gasteiger partial charge in [0, 0.05) is 17.9 Å². The van der Waals surface area contributed by atoms with Crippen LogP contribution in [0.15, 0.2) is 64.2 Å².